The van der Waals surface area contributed by atoms with E-state index in [-0.39, 0.29) is 12.5 Å². The Kier molecular flexibility index (Phi) is 3.85. The van der Waals surface area contributed by atoms with Crippen molar-refractivity contribution in [3.63, 3.8) is 0 Å². The van der Waals surface area contributed by atoms with Crippen molar-refractivity contribution in [2.24, 2.45) is 0 Å². The van der Waals surface area contributed by atoms with Gasteiger partial charge in [-0.2, -0.15) is 5.10 Å². The molecule has 1 aromatic heterocycles. The molecular weight excluding hydrogens is 242 g/mol. The summed E-state index contributed by atoms with van der Waals surface area (Å²) in [5, 5.41) is 7.22. The maximum absolute atomic E-state index is 12.0. The number of carbonyl (C=O) groups is 1. The molecule has 0 amide bonds. The van der Waals surface area contributed by atoms with Crippen LogP contribution in [0.4, 0.5) is 5.69 Å². The summed E-state index contributed by atoms with van der Waals surface area (Å²) in [6, 6.07) is 9.30. The fraction of sp³-hybridized carbons (Fsp3) is 0.286. The third-order valence-corrected chi connectivity index (χ3v) is 2.78. The zero-order valence-electron chi connectivity index (χ0n) is 11.3. The fourth-order valence-corrected chi connectivity index (χ4v) is 1.84. The van der Waals surface area contributed by atoms with Gasteiger partial charge in [-0.05, 0) is 44.2 Å². The second kappa shape index (κ2) is 5.56. The molecule has 1 aromatic carbocycles. The summed E-state index contributed by atoms with van der Waals surface area (Å²) in [7, 11) is 1.62. The van der Waals surface area contributed by atoms with E-state index in [0.717, 1.165) is 22.8 Å². The fourth-order valence-electron chi connectivity index (χ4n) is 1.84. The van der Waals surface area contributed by atoms with Crippen LogP contribution < -0.4 is 10.1 Å². The van der Waals surface area contributed by atoms with Gasteiger partial charge in [0.1, 0.15) is 5.75 Å². The monoisotopic (exact) mass is 259 g/mol. The molecule has 1 N–H and O–H groups in total. The Hall–Kier alpha value is -2.30. The van der Waals surface area contributed by atoms with E-state index in [0.29, 0.717) is 0 Å². The Balaban J connectivity index is 1.98. The van der Waals surface area contributed by atoms with E-state index in [9.17, 15) is 4.79 Å². The number of anilines is 1. The molecule has 19 heavy (non-hydrogen) atoms. The summed E-state index contributed by atoms with van der Waals surface area (Å²) >= 11 is 0. The van der Waals surface area contributed by atoms with Gasteiger partial charge in [0.05, 0.1) is 19.3 Å². The van der Waals surface area contributed by atoms with Crippen molar-refractivity contribution in [1.29, 1.82) is 0 Å². The quantitative estimate of drug-likeness (QED) is 0.915. The van der Waals surface area contributed by atoms with Crippen LogP contribution in [0.15, 0.2) is 30.3 Å². The topological polar surface area (TPSA) is 56.1 Å². The van der Waals surface area contributed by atoms with Gasteiger partial charge in [0.25, 0.3) is 5.91 Å². The maximum Gasteiger partial charge on any atom is 0.266 e. The lowest BCUT2D eigenvalue weighted by molar-refractivity contribution is 0.0910. The molecule has 0 aliphatic rings. The average molecular weight is 259 g/mol. The predicted molar refractivity (Wildman–Crippen MR) is 73.8 cm³/mol. The lowest BCUT2D eigenvalue weighted by atomic mass is 10.3. The first-order chi connectivity index (χ1) is 9.10. The number of aryl methyl sites for hydroxylation is 2. The third-order valence-electron chi connectivity index (χ3n) is 2.78. The Labute approximate surface area is 112 Å². The van der Waals surface area contributed by atoms with Gasteiger partial charge in [0.2, 0.25) is 0 Å². The van der Waals surface area contributed by atoms with Crippen LogP contribution in [0, 0.1) is 13.8 Å². The van der Waals surface area contributed by atoms with E-state index in [4.69, 9.17) is 4.74 Å². The van der Waals surface area contributed by atoms with Crippen molar-refractivity contribution in [3.05, 3.63) is 41.7 Å². The molecule has 0 atom stereocenters. The molecule has 100 valence electrons. The summed E-state index contributed by atoms with van der Waals surface area (Å²) in [5.41, 5.74) is 2.56. The number of hydrogen-bond acceptors (Lipinski definition) is 4. The average Bonchev–Trinajstić information content (AvgIpc) is 2.75. The zero-order valence-corrected chi connectivity index (χ0v) is 11.3. The predicted octanol–water partition coefficient (Wildman–Crippen LogP) is 2.26. The normalized spacial score (nSPS) is 10.3. The first-order valence-corrected chi connectivity index (χ1v) is 6.04. The van der Waals surface area contributed by atoms with Crippen molar-refractivity contribution in [2.45, 2.75) is 13.8 Å². The van der Waals surface area contributed by atoms with Crippen molar-refractivity contribution >= 4 is 11.6 Å². The van der Waals surface area contributed by atoms with E-state index in [1.807, 2.05) is 44.2 Å². The van der Waals surface area contributed by atoms with E-state index < -0.39 is 0 Å². The second-order valence-electron chi connectivity index (χ2n) is 4.31. The molecule has 0 aliphatic carbocycles. The number of aromatic nitrogens is 2. The molecule has 0 saturated carbocycles. The van der Waals surface area contributed by atoms with Gasteiger partial charge in [0, 0.05) is 11.4 Å². The molecule has 0 unspecified atom stereocenters. The number of benzene rings is 1. The molecule has 0 bridgehead atoms. The van der Waals surface area contributed by atoms with Gasteiger partial charge in [-0.15, -0.1) is 0 Å². The van der Waals surface area contributed by atoms with Crippen molar-refractivity contribution in [1.82, 2.24) is 9.78 Å². The van der Waals surface area contributed by atoms with Crippen molar-refractivity contribution in [3.8, 4) is 5.75 Å². The number of methoxy groups -OCH3 is 1. The van der Waals surface area contributed by atoms with Crippen molar-refractivity contribution < 1.29 is 9.53 Å². The smallest absolute Gasteiger partial charge is 0.266 e. The number of carbonyl (C=O) groups excluding carboxylic acids is 1. The molecule has 0 aliphatic heterocycles. The highest BCUT2D eigenvalue weighted by Gasteiger charge is 2.09. The van der Waals surface area contributed by atoms with Crippen LogP contribution >= 0.6 is 0 Å². The highest BCUT2D eigenvalue weighted by atomic mass is 16.5. The third kappa shape index (κ3) is 3.13. The van der Waals surface area contributed by atoms with Crippen LogP contribution in [0.25, 0.3) is 0 Å². The number of ether oxygens (including phenoxy) is 1. The van der Waals surface area contributed by atoms with Crippen LogP contribution in [-0.2, 0) is 0 Å². The Morgan fingerprint density at radius 2 is 2.00 bits per heavy atom. The Morgan fingerprint density at radius 1 is 1.32 bits per heavy atom. The minimum absolute atomic E-state index is 0.0820. The summed E-state index contributed by atoms with van der Waals surface area (Å²) < 4.78 is 6.50. The first kappa shape index (κ1) is 13.1. The minimum atomic E-state index is -0.0820. The van der Waals surface area contributed by atoms with Crippen LogP contribution in [0.3, 0.4) is 0 Å². The SMILES string of the molecule is COc1ccc(NCC(=O)n2nc(C)cc2C)cc1. The van der Waals surface area contributed by atoms with E-state index in [2.05, 4.69) is 10.4 Å². The number of hydrogen-bond donors (Lipinski definition) is 1. The van der Waals surface area contributed by atoms with Crippen LogP contribution in [0.1, 0.15) is 16.2 Å². The zero-order chi connectivity index (χ0) is 13.8. The lowest BCUT2D eigenvalue weighted by Crippen LogP contribution is -2.23. The Bertz CT molecular complexity index is 573. The van der Waals surface area contributed by atoms with Gasteiger partial charge < -0.3 is 10.1 Å². The van der Waals surface area contributed by atoms with Crippen molar-refractivity contribution in [2.75, 3.05) is 19.0 Å². The summed E-state index contributed by atoms with van der Waals surface area (Å²) in [6.07, 6.45) is 0. The standard InChI is InChI=1S/C14H17N3O2/c1-10-8-11(2)17(16-10)14(18)9-15-12-4-6-13(19-3)7-5-12/h4-8,15H,9H2,1-3H3. The van der Waals surface area contributed by atoms with E-state index >= 15 is 0 Å². The molecule has 5 nitrogen and oxygen atoms in total. The van der Waals surface area contributed by atoms with Crippen LogP contribution in [0.2, 0.25) is 0 Å². The van der Waals surface area contributed by atoms with Gasteiger partial charge in [0.15, 0.2) is 0 Å². The van der Waals surface area contributed by atoms with Crippen LogP contribution in [0.5, 0.6) is 5.75 Å². The van der Waals surface area contributed by atoms with E-state index in [1.54, 1.807) is 7.11 Å². The highest BCUT2D eigenvalue weighted by molar-refractivity contribution is 5.83. The van der Waals surface area contributed by atoms with Gasteiger partial charge in [-0.3, -0.25) is 4.79 Å². The first-order valence-electron chi connectivity index (χ1n) is 6.04. The molecular formula is C14H17N3O2. The molecule has 0 fully saturated rings. The van der Waals surface area contributed by atoms with Gasteiger partial charge in [-0.25, -0.2) is 4.68 Å². The molecule has 0 saturated heterocycles. The maximum atomic E-state index is 12.0. The molecule has 2 rings (SSSR count). The number of nitrogens with zero attached hydrogens (tertiary/aromatic N) is 2. The molecule has 2 aromatic rings. The molecule has 1 heterocycles. The second-order valence-corrected chi connectivity index (χ2v) is 4.31. The van der Waals surface area contributed by atoms with Crippen LogP contribution in [-0.4, -0.2) is 29.3 Å². The lowest BCUT2D eigenvalue weighted by Gasteiger charge is -2.07. The molecule has 5 heteroatoms. The Morgan fingerprint density at radius 3 is 2.53 bits per heavy atom. The van der Waals surface area contributed by atoms with Gasteiger partial charge in [-0.1, -0.05) is 0 Å². The minimum Gasteiger partial charge on any atom is -0.497 e. The molecule has 0 spiro atoms. The summed E-state index contributed by atoms with van der Waals surface area (Å²) in [5.74, 6) is 0.705. The summed E-state index contributed by atoms with van der Waals surface area (Å²) in [4.78, 5) is 12.0. The number of rotatable bonds is 4. The highest BCUT2D eigenvalue weighted by Crippen LogP contribution is 2.14. The molecule has 0 radical (unpaired) electrons. The number of nitrogens with one attached hydrogen (secondary N) is 1. The largest absolute Gasteiger partial charge is 0.497 e. The van der Waals surface area contributed by atoms with E-state index in [1.165, 1.54) is 4.68 Å². The van der Waals surface area contributed by atoms with Gasteiger partial charge >= 0.3 is 0 Å². The summed E-state index contributed by atoms with van der Waals surface area (Å²) in [6.45, 7) is 3.94.